The van der Waals surface area contributed by atoms with Gasteiger partial charge in [0.05, 0.1) is 16.4 Å². The summed E-state index contributed by atoms with van der Waals surface area (Å²) in [5.74, 6) is 0.132. The van der Waals surface area contributed by atoms with Crippen LogP contribution in [0.1, 0.15) is 13.3 Å². The summed E-state index contributed by atoms with van der Waals surface area (Å²) in [6.45, 7) is 2.62. The number of hydrogen-bond acceptors (Lipinski definition) is 7. The third-order valence-corrected chi connectivity index (χ3v) is 4.41. The first kappa shape index (κ1) is 17.8. The molecule has 2 aromatic heterocycles. The van der Waals surface area contributed by atoms with Gasteiger partial charge in [0.1, 0.15) is 0 Å². The molecule has 0 spiro atoms. The third kappa shape index (κ3) is 3.97. The number of non-ortho nitro benzene ring substituents is 1. The molecule has 0 saturated carbocycles. The van der Waals surface area contributed by atoms with Crippen LogP contribution in [0.3, 0.4) is 0 Å². The Morgan fingerprint density at radius 1 is 1.31 bits per heavy atom. The van der Waals surface area contributed by atoms with Crippen LogP contribution in [-0.4, -0.2) is 42.9 Å². The van der Waals surface area contributed by atoms with E-state index in [1.54, 1.807) is 24.3 Å². The molecule has 0 atom stereocenters. The van der Waals surface area contributed by atoms with Crippen molar-refractivity contribution < 1.29 is 9.72 Å². The number of nitrogens with one attached hydrogen (secondary N) is 1. The van der Waals surface area contributed by atoms with Crippen molar-refractivity contribution in [3.05, 3.63) is 46.5 Å². The van der Waals surface area contributed by atoms with Crippen LogP contribution < -0.4 is 5.32 Å². The lowest BCUT2D eigenvalue weighted by molar-refractivity contribution is -0.384. The molecule has 0 unspecified atom stereocenters. The summed E-state index contributed by atoms with van der Waals surface area (Å²) in [6.07, 6.45) is 0.873. The van der Waals surface area contributed by atoms with Crippen molar-refractivity contribution in [1.82, 2.24) is 25.1 Å². The van der Waals surface area contributed by atoms with E-state index in [0.717, 1.165) is 6.42 Å². The number of thioether (sulfide) groups is 1. The largest absolute Gasteiger partial charge is 0.355 e. The maximum Gasteiger partial charge on any atom is 0.270 e. The second-order valence-corrected chi connectivity index (χ2v) is 6.36. The fourth-order valence-electron chi connectivity index (χ4n) is 2.24. The highest BCUT2D eigenvalue weighted by Crippen LogP contribution is 2.23. The quantitative estimate of drug-likeness (QED) is 0.384. The molecule has 0 fully saturated rings. The molecule has 1 amide bonds. The number of nitro benzene ring substituents is 1. The molecular weight excluding hydrogens is 356 g/mol. The van der Waals surface area contributed by atoms with Crippen molar-refractivity contribution >= 4 is 29.0 Å². The highest BCUT2D eigenvalue weighted by molar-refractivity contribution is 7.99. The van der Waals surface area contributed by atoms with E-state index in [9.17, 15) is 14.9 Å². The van der Waals surface area contributed by atoms with Crippen LogP contribution >= 0.6 is 11.8 Å². The molecule has 3 rings (SSSR count). The normalized spacial score (nSPS) is 10.8. The van der Waals surface area contributed by atoms with Gasteiger partial charge in [-0.15, -0.1) is 10.2 Å². The van der Waals surface area contributed by atoms with Crippen molar-refractivity contribution in [2.24, 2.45) is 0 Å². The Labute approximate surface area is 153 Å². The molecule has 0 aliphatic heterocycles. The van der Waals surface area contributed by atoms with Gasteiger partial charge in [-0.25, -0.2) is 0 Å². The van der Waals surface area contributed by atoms with E-state index in [1.807, 2.05) is 6.92 Å². The molecule has 1 aromatic carbocycles. The molecule has 3 aromatic rings. The van der Waals surface area contributed by atoms with Crippen LogP contribution in [0, 0.1) is 10.1 Å². The average Bonchev–Trinajstić information content (AvgIpc) is 3.07. The first-order valence-corrected chi connectivity index (χ1v) is 8.94. The Kier molecular flexibility index (Phi) is 5.42. The number of nitrogens with zero attached hydrogens (tertiary/aromatic N) is 5. The first-order valence-electron chi connectivity index (χ1n) is 7.95. The molecule has 0 aliphatic rings. The van der Waals surface area contributed by atoms with E-state index in [-0.39, 0.29) is 17.3 Å². The molecule has 134 valence electrons. The second-order valence-electron chi connectivity index (χ2n) is 5.42. The Balaban J connectivity index is 1.85. The summed E-state index contributed by atoms with van der Waals surface area (Å²) in [4.78, 5) is 22.3. The van der Waals surface area contributed by atoms with Gasteiger partial charge < -0.3 is 5.32 Å². The van der Waals surface area contributed by atoms with Gasteiger partial charge in [-0.05, 0) is 18.6 Å². The number of nitro groups is 1. The summed E-state index contributed by atoms with van der Waals surface area (Å²) in [5.41, 5.74) is 1.70. The summed E-state index contributed by atoms with van der Waals surface area (Å²) in [6, 6.07) is 9.71. The van der Waals surface area contributed by atoms with Crippen LogP contribution in [0.5, 0.6) is 0 Å². The minimum atomic E-state index is -0.447. The molecule has 0 radical (unpaired) electrons. The van der Waals surface area contributed by atoms with E-state index in [4.69, 9.17) is 0 Å². The van der Waals surface area contributed by atoms with E-state index in [0.29, 0.717) is 28.6 Å². The van der Waals surface area contributed by atoms with Gasteiger partial charge in [-0.3, -0.25) is 14.9 Å². The predicted molar refractivity (Wildman–Crippen MR) is 96.9 cm³/mol. The molecule has 9 nitrogen and oxygen atoms in total. The Bertz CT molecular complexity index is 958. The monoisotopic (exact) mass is 372 g/mol. The maximum atomic E-state index is 11.7. The van der Waals surface area contributed by atoms with Crippen molar-refractivity contribution in [3.8, 4) is 11.3 Å². The minimum absolute atomic E-state index is 0.00431. The number of benzene rings is 1. The molecule has 0 aliphatic carbocycles. The fraction of sp³-hybridized carbons (Fsp3) is 0.250. The van der Waals surface area contributed by atoms with Gasteiger partial charge in [0.15, 0.2) is 5.65 Å². The smallest absolute Gasteiger partial charge is 0.270 e. The van der Waals surface area contributed by atoms with Gasteiger partial charge in [-0.2, -0.15) is 9.61 Å². The number of carbonyl (C=O) groups is 1. The van der Waals surface area contributed by atoms with Crippen molar-refractivity contribution in [3.63, 3.8) is 0 Å². The predicted octanol–water partition coefficient (Wildman–Crippen LogP) is 2.32. The number of carbonyl (C=O) groups excluding carboxylic acids is 1. The topological polar surface area (TPSA) is 115 Å². The molecular formula is C16H16N6O3S. The Morgan fingerprint density at radius 2 is 2.15 bits per heavy atom. The minimum Gasteiger partial charge on any atom is -0.355 e. The zero-order chi connectivity index (χ0) is 18.5. The average molecular weight is 372 g/mol. The van der Waals surface area contributed by atoms with Gasteiger partial charge >= 0.3 is 0 Å². The number of hydrogen-bond donors (Lipinski definition) is 1. The molecule has 1 N–H and O–H groups in total. The summed E-state index contributed by atoms with van der Waals surface area (Å²) in [7, 11) is 0. The SMILES string of the molecule is CCCNC(=O)CSc1nnc2ccc(-c3cccc([N+](=O)[O-])c3)nn12. The van der Waals surface area contributed by atoms with Crippen LogP contribution in [0.4, 0.5) is 5.69 Å². The van der Waals surface area contributed by atoms with Crippen LogP contribution in [0.15, 0.2) is 41.6 Å². The maximum absolute atomic E-state index is 11.7. The van der Waals surface area contributed by atoms with Crippen molar-refractivity contribution in [1.29, 1.82) is 0 Å². The third-order valence-electron chi connectivity index (χ3n) is 3.49. The highest BCUT2D eigenvalue weighted by atomic mass is 32.2. The fourth-order valence-corrected chi connectivity index (χ4v) is 2.95. The zero-order valence-electron chi connectivity index (χ0n) is 14.0. The lowest BCUT2D eigenvalue weighted by Gasteiger charge is -2.04. The van der Waals surface area contributed by atoms with Crippen LogP contribution in [0.25, 0.3) is 16.9 Å². The number of amides is 1. The molecule has 2 heterocycles. The van der Waals surface area contributed by atoms with Gasteiger partial charge in [0.25, 0.3) is 5.69 Å². The Morgan fingerprint density at radius 3 is 2.92 bits per heavy atom. The lowest BCUT2D eigenvalue weighted by atomic mass is 10.1. The Hall–Kier alpha value is -3.01. The number of fused-ring (bicyclic) bond motifs is 1. The van der Waals surface area contributed by atoms with E-state index in [1.165, 1.54) is 28.4 Å². The summed E-state index contributed by atoms with van der Waals surface area (Å²) < 4.78 is 1.53. The van der Waals surface area contributed by atoms with E-state index in [2.05, 4.69) is 20.6 Å². The van der Waals surface area contributed by atoms with E-state index < -0.39 is 4.92 Å². The van der Waals surface area contributed by atoms with E-state index >= 15 is 0 Å². The zero-order valence-corrected chi connectivity index (χ0v) is 14.8. The molecule has 26 heavy (non-hydrogen) atoms. The standard InChI is InChI=1S/C16H16N6O3S/c1-2-8-17-15(23)10-26-16-19-18-14-7-6-13(20-21(14)16)11-4-3-5-12(9-11)22(24)25/h3-7,9H,2,8,10H2,1H3,(H,17,23). The van der Waals surface area contributed by atoms with Gasteiger partial charge in [0.2, 0.25) is 11.1 Å². The van der Waals surface area contributed by atoms with Crippen molar-refractivity contribution in [2.75, 3.05) is 12.3 Å². The van der Waals surface area contributed by atoms with Crippen LogP contribution in [-0.2, 0) is 4.79 Å². The van der Waals surface area contributed by atoms with Gasteiger partial charge in [-0.1, -0.05) is 30.8 Å². The lowest BCUT2D eigenvalue weighted by Crippen LogP contribution is -2.25. The number of rotatable bonds is 7. The highest BCUT2D eigenvalue weighted by Gasteiger charge is 2.13. The molecule has 10 heteroatoms. The summed E-state index contributed by atoms with van der Waals surface area (Å²) in [5, 5.41) is 26.8. The molecule has 0 bridgehead atoms. The molecule has 0 saturated heterocycles. The van der Waals surface area contributed by atoms with Gasteiger partial charge in [0, 0.05) is 24.2 Å². The number of aromatic nitrogens is 4. The van der Waals surface area contributed by atoms with Crippen LogP contribution in [0.2, 0.25) is 0 Å². The second kappa shape index (κ2) is 7.91. The first-order chi connectivity index (χ1) is 12.6. The van der Waals surface area contributed by atoms with Crippen molar-refractivity contribution in [2.45, 2.75) is 18.5 Å². The summed E-state index contributed by atoms with van der Waals surface area (Å²) >= 11 is 1.23.